The van der Waals surface area contributed by atoms with Gasteiger partial charge in [-0.25, -0.2) is 0 Å². The fourth-order valence-electron chi connectivity index (χ4n) is 2.03. The zero-order valence-corrected chi connectivity index (χ0v) is 12.9. The summed E-state index contributed by atoms with van der Waals surface area (Å²) in [5, 5.41) is 2.70. The second-order valence-corrected chi connectivity index (χ2v) is 4.96. The first kappa shape index (κ1) is 17.8. The van der Waals surface area contributed by atoms with Gasteiger partial charge in [-0.2, -0.15) is 13.2 Å². The van der Waals surface area contributed by atoms with E-state index in [1.165, 1.54) is 13.2 Å². The quantitative estimate of drug-likeness (QED) is 0.864. The number of alkyl halides is 3. The molecular formula is C17H16F3NO3. The molecule has 1 amide bonds. The van der Waals surface area contributed by atoms with Gasteiger partial charge >= 0.3 is 6.18 Å². The molecule has 2 aromatic carbocycles. The summed E-state index contributed by atoms with van der Waals surface area (Å²) in [7, 11) is 1.49. The molecule has 0 radical (unpaired) electrons. The van der Waals surface area contributed by atoms with Crippen molar-refractivity contribution in [2.45, 2.75) is 12.8 Å². The summed E-state index contributed by atoms with van der Waals surface area (Å²) in [4.78, 5) is 12.3. The van der Waals surface area contributed by atoms with E-state index in [0.29, 0.717) is 22.6 Å². The molecule has 0 aliphatic carbocycles. The van der Waals surface area contributed by atoms with E-state index in [2.05, 4.69) is 10.1 Å². The van der Waals surface area contributed by atoms with Crippen LogP contribution in [-0.4, -0.2) is 25.8 Å². The van der Waals surface area contributed by atoms with Crippen LogP contribution in [0.15, 0.2) is 48.5 Å². The Bertz CT molecular complexity index is 701. The Morgan fingerprint density at radius 3 is 2.58 bits per heavy atom. The van der Waals surface area contributed by atoms with E-state index in [0.717, 1.165) is 0 Å². The van der Waals surface area contributed by atoms with Gasteiger partial charge in [-0.05, 0) is 29.8 Å². The highest BCUT2D eigenvalue weighted by molar-refractivity contribution is 6.05. The van der Waals surface area contributed by atoms with Gasteiger partial charge in [0.05, 0.1) is 19.4 Å². The van der Waals surface area contributed by atoms with Gasteiger partial charge in [-0.1, -0.05) is 24.3 Å². The number of benzene rings is 2. The van der Waals surface area contributed by atoms with Crippen molar-refractivity contribution in [1.82, 2.24) is 0 Å². The number of carbonyl (C=O) groups is 1. The van der Waals surface area contributed by atoms with Crippen LogP contribution >= 0.6 is 0 Å². The molecular weight excluding hydrogens is 323 g/mol. The van der Waals surface area contributed by atoms with Crippen molar-refractivity contribution in [2.75, 3.05) is 19.0 Å². The Hall–Kier alpha value is -2.54. The molecule has 0 bridgehead atoms. The Morgan fingerprint density at radius 1 is 1.12 bits per heavy atom. The maximum absolute atomic E-state index is 12.3. The number of halogens is 3. The van der Waals surface area contributed by atoms with Crippen molar-refractivity contribution in [3.8, 4) is 5.75 Å². The Labute approximate surface area is 137 Å². The Kier molecular flexibility index (Phi) is 5.81. The van der Waals surface area contributed by atoms with Gasteiger partial charge in [-0.15, -0.1) is 0 Å². The van der Waals surface area contributed by atoms with Crippen molar-refractivity contribution < 1.29 is 27.4 Å². The van der Waals surface area contributed by atoms with Crippen LogP contribution in [-0.2, 0) is 11.3 Å². The molecule has 0 heterocycles. The first-order chi connectivity index (χ1) is 11.4. The maximum atomic E-state index is 12.3. The number of nitrogens with one attached hydrogen (secondary N) is 1. The molecule has 128 valence electrons. The van der Waals surface area contributed by atoms with Gasteiger partial charge in [0, 0.05) is 5.56 Å². The van der Waals surface area contributed by atoms with E-state index in [9.17, 15) is 18.0 Å². The highest BCUT2D eigenvalue weighted by atomic mass is 19.4. The summed E-state index contributed by atoms with van der Waals surface area (Å²) in [5.74, 6) is 0.118. The molecule has 1 N–H and O–H groups in total. The summed E-state index contributed by atoms with van der Waals surface area (Å²) >= 11 is 0. The largest absolute Gasteiger partial charge is 0.495 e. The van der Waals surface area contributed by atoms with Crippen LogP contribution in [0.4, 0.5) is 18.9 Å². The Morgan fingerprint density at radius 2 is 1.88 bits per heavy atom. The van der Waals surface area contributed by atoms with Gasteiger partial charge in [-0.3, -0.25) is 4.79 Å². The fraction of sp³-hybridized carbons (Fsp3) is 0.235. The minimum absolute atomic E-state index is 0.227. The van der Waals surface area contributed by atoms with Crippen LogP contribution in [0.25, 0.3) is 0 Å². The lowest BCUT2D eigenvalue weighted by molar-refractivity contribution is -0.176. The minimum atomic E-state index is -4.38. The topological polar surface area (TPSA) is 47.6 Å². The van der Waals surface area contributed by atoms with Crippen molar-refractivity contribution in [1.29, 1.82) is 0 Å². The van der Waals surface area contributed by atoms with Crippen molar-refractivity contribution in [3.05, 3.63) is 59.7 Å². The zero-order chi connectivity index (χ0) is 17.6. The van der Waals surface area contributed by atoms with Crippen LogP contribution in [0.2, 0.25) is 0 Å². The first-order valence-corrected chi connectivity index (χ1v) is 7.07. The molecule has 0 saturated heterocycles. The van der Waals surface area contributed by atoms with Gasteiger partial charge < -0.3 is 14.8 Å². The maximum Gasteiger partial charge on any atom is 0.411 e. The second-order valence-electron chi connectivity index (χ2n) is 4.96. The van der Waals surface area contributed by atoms with Crippen LogP contribution in [0, 0.1) is 0 Å². The van der Waals surface area contributed by atoms with Crippen LogP contribution in [0.5, 0.6) is 5.75 Å². The number of methoxy groups -OCH3 is 1. The summed E-state index contributed by atoms with van der Waals surface area (Å²) in [6.45, 7) is -1.56. The number of anilines is 1. The molecule has 0 atom stereocenters. The van der Waals surface area contributed by atoms with E-state index in [4.69, 9.17) is 4.74 Å². The van der Waals surface area contributed by atoms with Gasteiger partial charge in [0.2, 0.25) is 0 Å². The third kappa shape index (κ3) is 5.27. The molecule has 0 unspecified atom stereocenters. The van der Waals surface area contributed by atoms with E-state index in [-0.39, 0.29) is 6.61 Å². The van der Waals surface area contributed by atoms with E-state index in [1.54, 1.807) is 42.5 Å². The molecule has 0 fully saturated rings. The third-order valence-corrected chi connectivity index (χ3v) is 3.08. The number of amides is 1. The molecule has 0 aromatic heterocycles. The SMILES string of the molecule is COc1ccccc1NC(=O)c1cccc(COCC(F)(F)F)c1. The molecule has 0 saturated carbocycles. The zero-order valence-electron chi connectivity index (χ0n) is 12.9. The highest BCUT2D eigenvalue weighted by Crippen LogP contribution is 2.24. The van der Waals surface area contributed by atoms with Crippen LogP contribution in [0.1, 0.15) is 15.9 Å². The minimum Gasteiger partial charge on any atom is -0.495 e. The van der Waals surface area contributed by atoms with Crippen molar-refractivity contribution in [3.63, 3.8) is 0 Å². The van der Waals surface area contributed by atoms with Crippen LogP contribution < -0.4 is 10.1 Å². The number of hydrogen-bond acceptors (Lipinski definition) is 3. The van der Waals surface area contributed by atoms with E-state index in [1.807, 2.05) is 0 Å². The molecule has 7 heteroatoms. The molecule has 0 spiro atoms. The van der Waals surface area contributed by atoms with Gasteiger partial charge in [0.15, 0.2) is 0 Å². The third-order valence-electron chi connectivity index (χ3n) is 3.08. The smallest absolute Gasteiger partial charge is 0.411 e. The Balaban J connectivity index is 2.03. The average molecular weight is 339 g/mol. The number of ether oxygens (including phenoxy) is 2. The lowest BCUT2D eigenvalue weighted by atomic mass is 10.1. The van der Waals surface area contributed by atoms with Crippen molar-refractivity contribution >= 4 is 11.6 Å². The highest BCUT2D eigenvalue weighted by Gasteiger charge is 2.27. The number of para-hydroxylation sites is 2. The molecule has 2 aromatic rings. The molecule has 0 aliphatic heterocycles. The molecule has 2 rings (SSSR count). The number of rotatable bonds is 6. The van der Waals surface area contributed by atoms with Crippen molar-refractivity contribution in [2.24, 2.45) is 0 Å². The summed E-state index contributed by atoms with van der Waals surface area (Å²) in [5.41, 5.74) is 1.30. The molecule has 4 nitrogen and oxygen atoms in total. The van der Waals surface area contributed by atoms with E-state index < -0.39 is 18.7 Å². The average Bonchev–Trinajstić information content (AvgIpc) is 2.54. The standard InChI is InChI=1S/C17H16F3NO3/c1-23-15-8-3-2-7-14(15)21-16(22)13-6-4-5-12(9-13)10-24-11-17(18,19)20/h2-9H,10-11H2,1H3,(H,21,22). The first-order valence-electron chi connectivity index (χ1n) is 7.07. The van der Waals surface area contributed by atoms with Crippen LogP contribution in [0.3, 0.4) is 0 Å². The monoisotopic (exact) mass is 339 g/mol. The predicted molar refractivity (Wildman–Crippen MR) is 83.1 cm³/mol. The number of carbonyl (C=O) groups excluding carboxylic acids is 1. The summed E-state index contributed by atoms with van der Waals surface area (Å²) in [6, 6.07) is 13.1. The van der Waals surface area contributed by atoms with E-state index >= 15 is 0 Å². The predicted octanol–water partition coefficient (Wildman–Crippen LogP) is 4.03. The number of hydrogen-bond donors (Lipinski definition) is 1. The lowest BCUT2D eigenvalue weighted by Gasteiger charge is -2.11. The molecule has 0 aliphatic rings. The summed E-state index contributed by atoms with van der Waals surface area (Å²) < 4.78 is 46.0. The van der Waals surface area contributed by atoms with Gasteiger partial charge in [0.25, 0.3) is 5.91 Å². The fourth-order valence-corrected chi connectivity index (χ4v) is 2.03. The normalized spacial score (nSPS) is 11.2. The lowest BCUT2D eigenvalue weighted by Crippen LogP contribution is -2.17. The van der Waals surface area contributed by atoms with Gasteiger partial charge in [0.1, 0.15) is 12.4 Å². The molecule has 24 heavy (non-hydrogen) atoms. The summed E-state index contributed by atoms with van der Waals surface area (Å²) in [6.07, 6.45) is -4.38. The second kappa shape index (κ2) is 7.83.